The van der Waals surface area contributed by atoms with E-state index in [-0.39, 0.29) is 42.3 Å². The maximum Gasteiger partial charge on any atom is 0.302 e. The number of benzene rings is 2. The van der Waals surface area contributed by atoms with Crippen LogP contribution in [0.3, 0.4) is 0 Å². The van der Waals surface area contributed by atoms with Crippen molar-refractivity contribution in [3.05, 3.63) is 82.2 Å². The third-order valence-corrected chi connectivity index (χ3v) is 4.96. The number of amides is 2. The number of rotatable bonds is 7. The Morgan fingerprint density at radius 3 is 2.36 bits per heavy atom. The van der Waals surface area contributed by atoms with Crippen molar-refractivity contribution in [2.75, 3.05) is 13.2 Å². The van der Waals surface area contributed by atoms with E-state index in [1.807, 2.05) is 6.07 Å². The third-order valence-electron chi connectivity index (χ3n) is 4.96. The molecule has 1 aliphatic heterocycles. The average molecular weight is 448 g/mol. The summed E-state index contributed by atoms with van der Waals surface area (Å²) in [6.45, 7) is 2.74. The predicted octanol–water partition coefficient (Wildman–Crippen LogP) is 3.56. The fraction of sp³-hybridized carbons (Fsp3) is 0.200. The zero-order valence-electron chi connectivity index (χ0n) is 18.1. The number of carbonyl (C=O) groups excluding carboxylic acids is 3. The van der Waals surface area contributed by atoms with Crippen LogP contribution in [-0.2, 0) is 25.7 Å². The number of hydrogen-bond donors (Lipinski definition) is 0. The molecule has 2 aromatic rings. The van der Waals surface area contributed by atoms with Crippen LogP contribution in [0.15, 0.2) is 65.3 Å². The van der Waals surface area contributed by atoms with Crippen molar-refractivity contribution in [3.8, 4) is 11.8 Å². The molecule has 0 saturated heterocycles. The van der Waals surface area contributed by atoms with Crippen molar-refractivity contribution in [1.29, 1.82) is 5.26 Å². The highest BCUT2D eigenvalue weighted by Crippen LogP contribution is 2.27. The van der Waals surface area contributed by atoms with Gasteiger partial charge in [-0.2, -0.15) is 5.26 Å². The summed E-state index contributed by atoms with van der Waals surface area (Å²) < 4.78 is 23.5. The van der Waals surface area contributed by atoms with E-state index in [1.165, 1.54) is 19.1 Å². The van der Waals surface area contributed by atoms with E-state index in [1.54, 1.807) is 49.4 Å². The van der Waals surface area contributed by atoms with Gasteiger partial charge in [0.25, 0.3) is 11.8 Å². The van der Waals surface area contributed by atoms with Crippen LogP contribution in [0.4, 0.5) is 4.39 Å². The first-order chi connectivity index (χ1) is 15.8. The second-order valence-corrected chi connectivity index (χ2v) is 7.26. The number of halogens is 1. The van der Waals surface area contributed by atoms with Gasteiger partial charge in [-0.1, -0.05) is 24.3 Å². The molecule has 7 nitrogen and oxygen atoms in total. The van der Waals surface area contributed by atoms with Gasteiger partial charge in [0.05, 0.1) is 6.54 Å². The summed E-state index contributed by atoms with van der Waals surface area (Å²) in [5.74, 6) is -1.55. The Balaban J connectivity index is 1.78. The van der Waals surface area contributed by atoms with Gasteiger partial charge in [-0.15, -0.1) is 0 Å². The van der Waals surface area contributed by atoms with Gasteiger partial charge in [0.15, 0.2) is 0 Å². The number of carbonyl (C=O) groups is 3. The lowest BCUT2D eigenvalue weighted by Crippen LogP contribution is -2.44. The van der Waals surface area contributed by atoms with Crippen LogP contribution >= 0.6 is 0 Å². The van der Waals surface area contributed by atoms with Gasteiger partial charge in [-0.25, -0.2) is 4.39 Å². The van der Waals surface area contributed by atoms with E-state index in [2.05, 4.69) is 0 Å². The van der Waals surface area contributed by atoms with E-state index in [4.69, 9.17) is 9.47 Å². The highest BCUT2D eigenvalue weighted by atomic mass is 19.1. The Morgan fingerprint density at radius 2 is 1.76 bits per heavy atom. The van der Waals surface area contributed by atoms with Crippen LogP contribution < -0.4 is 4.74 Å². The lowest BCUT2D eigenvalue weighted by Gasteiger charge is -2.27. The van der Waals surface area contributed by atoms with Gasteiger partial charge < -0.3 is 9.47 Å². The van der Waals surface area contributed by atoms with Gasteiger partial charge in [-0.05, 0) is 54.0 Å². The van der Waals surface area contributed by atoms with Gasteiger partial charge in [0.1, 0.15) is 36.4 Å². The van der Waals surface area contributed by atoms with Gasteiger partial charge in [-0.3, -0.25) is 19.3 Å². The lowest BCUT2D eigenvalue weighted by atomic mass is 9.93. The minimum Gasteiger partial charge on any atom is -0.489 e. The minimum atomic E-state index is -0.714. The highest BCUT2D eigenvalue weighted by Gasteiger charge is 2.35. The SMILES string of the molecule is CC(=O)OCCN1C(=O)C(C#N)=C(C)/C(=C\c2ccc(OCc3ccc(F)cc3)cc2)C1=O. The summed E-state index contributed by atoms with van der Waals surface area (Å²) in [6, 6.07) is 14.8. The van der Waals surface area contributed by atoms with Crippen LogP contribution in [0.5, 0.6) is 5.75 Å². The molecule has 0 radical (unpaired) electrons. The summed E-state index contributed by atoms with van der Waals surface area (Å²) >= 11 is 0. The maximum atomic E-state index is 13.0. The van der Waals surface area contributed by atoms with Crippen molar-refractivity contribution in [2.45, 2.75) is 20.5 Å². The van der Waals surface area contributed by atoms with E-state index in [0.717, 1.165) is 10.5 Å². The Bertz CT molecular complexity index is 1170. The van der Waals surface area contributed by atoms with Crippen LogP contribution in [0.2, 0.25) is 0 Å². The van der Waals surface area contributed by atoms with Gasteiger partial charge >= 0.3 is 5.97 Å². The molecule has 33 heavy (non-hydrogen) atoms. The molecule has 2 aromatic carbocycles. The molecule has 1 heterocycles. The van der Waals surface area contributed by atoms with Crippen LogP contribution in [0.25, 0.3) is 6.08 Å². The molecule has 0 fully saturated rings. The topological polar surface area (TPSA) is 96.7 Å². The minimum absolute atomic E-state index is 0.136. The second-order valence-electron chi connectivity index (χ2n) is 7.26. The number of ether oxygens (including phenoxy) is 2. The standard InChI is InChI=1S/C25H21FN2O5/c1-16-22(24(30)28(11-12-32-17(2)29)25(31)23(16)14-27)13-18-5-9-21(10-6-18)33-15-19-3-7-20(26)8-4-19/h3-10,13H,11-12,15H2,1-2H3/b22-13+. The van der Waals surface area contributed by atoms with E-state index >= 15 is 0 Å². The molecule has 0 bridgehead atoms. The third kappa shape index (κ3) is 5.71. The number of nitrogens with zero attached hydrogens (tertiary/aromatic N) is 2. The molecule has 1 aliphatic rings. The monoisotopic (exact) mass is 448 g/mol. The summed E-state index contributed by atoms with van der Waals surface area (Å²) in [4.78, 5) is 37.4. The first kappa shape index (κ1) is 23.4. The van der Waals surface area contributed by atoms with Crippen molar-refractivity contribution in [3.63, 3.8) is 0 Å². The predicted molar refractivity (Wildman–Crippen MR) is 117 cm³/mol. The summed E-state index contributed by atoms with van der Waals surface area (Å²) in [6.07, 6.45) is 1.59. The Labute approximate surface area is 190 Å². The number of imide groups is 1. The van der Waals surface area contributed by atoms with Crippen molar-refractivity contribution >= 4 is 23.9 Å². The quantitative estimate of drug-likeness (QED) is 0.365. The number of esters is 1. The second kappa shape index (κ2) is 10.4. The fourth-order valence-corrected chi connectivity index (χ4v) is 3.19. The van der Waals surface area contributed by atoms with E-state index in [0.29, 0.717) is 11.3 Å². The average Bonchev–Trinajstić information content (AvgIpc) is 2.79. The van der Waals surface area contributed by atoms with E-state index in [9.17, 15) is 24.0 Å². The molecule has 0 N–H and O–H groups in total. The smallest absolute Gasteiger partial charge is 0.302 e. The summed E-state index contributed by atoms with van der Waals surface area (Å²) in [5.41, 5.74) is 1.84. The largest absolute Gasteiger partial charge is 0.489 e. The molecule has 0 aromatic heterocycles. The lowest BCUT2D eigenvalue weighted by molar-refractivity contribution is -0.147. The van der Waals surface area contributed by atoms with Crippen LogP contribution in [-0.4, -0.2) is 35.8 Å². The van der Waals surface area contributed by atoms with Crippen molar-refractivity contribution < 1.29 is 28.2 Å². The highest BCUT2D eigenvalue weighted by molar-refractivity contribution is 6.19. The van der Waals surface area contributed by atoms with Gasteiger partial charge in [0, 0.05) is 12.5 Å². The summed E-state index contributed by atoms with van der Waals surface area (Å²) in [7, 11) is 0. The first-order valence-corrected chi connectivity index (χ1v) is 10.1. The number of nitriles is 1. The van der Waals surface area contributed by atoms with E-state index < -0.39 is 17.8 Å². The first-order valence-electron chi connectivity index (χ1n) is 10.1. The molecule has 8 heteroatoms. The molecule has 2 amide bonds. The molecular formula is C25H21FN2O5. The molecule has 168 valence electrons. The molecule has 0 saturated carbocycles. The molecular weight excluding hydrogens is 427 g/mol. The maximum absolute atomic E-state index is 13.0. The fourth-order valence-electron chi connectivity index (χ4n) is 3.19. The van der Waals surface area contributed by atoms with Crippen LogP contribution in [0, 0.1) is 17.1 Å². The Morgan fingerprint density at radius 1 is 1.09 bits per heavy atom. The van der Waals surface area contributed by atoms with Crippen molar-refractivity contribution in [1.82, 2.24) is 4.90 Å². The molecule has 0 unspecified atom stereocenters. The zero-order valence-corrected chi connectivity index (χ0v) is 18.1. The number of hydrogen-bond acceptors (Lipinski definition) is 6. The van der Waals surface area contributed by atoms with Crippen LogP contribution in [0.1, 0.15) is 25.0 Å². The molecule has 0 spiro atoms. The molecule has 3 rings (SSSR count). The normalized spacial score (nSPS) is 15.0. The Kier molecular flexibility index (Phi) is 7.36. The Hall–Kier alpha value is -4.25. The zero-order chi connectivity index (χ0) is 24.0. The summed E-state index contributed by atoms with van der Waals surface area (Å²) in [5, 5.41) is 9.42. The molecule has 0 atom stereocenters. The van der Waals surface area contributed by atoms with Gasteiger partial charge in [0.2, 0.25) is 0 Å². The van der Waals surface area contributed by atoms with Crippen molar-refractivity contribution in [2.24, 2.45) is 0 Å². The molecule has 0 aliphatic carbocycles.